The van der Waals surface area contributed by atoms with Crippen LogP contribution in [-0.4, -0.2) is 30.0 Å². The highest BCUT2D eigenvalue weighted by Crippen LogP contribution is 2.29. The van der Waals surface area contributed by atoms with Crippen LogP contribution in [0.2, 0.25) is 0 Å². The van der Waals surface area contributed by atoms with Gasteiger partial charge in [0.25, 0.3) is 0 Å². The molecule has 144 valence electrons. The minimum Gasteiger partial charge on any atom is -0.474 e. The number of benzene rings is 3. The van der Waals surface area contributed by atoms with Gasteiger partial charge in [-0.3, -0.25) is 9.69 Å². The standard InChI is InChI=1S/C25H27NO2/c27-23(21-11-2-1-3-12-21)15-9-19-26-18-7-6-17-25(26)28-24-16-8-13-20-10-4-5-14-22(20)24/h1-5,8,10-14,16,25H,6-7,9,15,17-19H2. The van der Waals surface area contributed by atoms with Gasteiger partial charge in [-0.05, 0) is 37.1 Å². The van der Waals surface area contributed by atoms with Gasteiger partial charge in [0.1, 0.15) is 5.75 Å². The molecule has 0 radical (unpaired) electrons. The topological polar surface area (TPSA) is 29.5 Å². The van der Waals surface area contributed by atoms with Crippen molar-refractivity contribution < 1.29 is 9.53 Å². The van der Waals surface area contributed by atoms with E-state index in [0.29, 0.717) is 6.42 Å². The van der Waals surface area contributed by atoms with Crippen LogP contribution >= 0.6 is 0 Å². The maximum atomic E-state index is 12.4. The first-order chi connectivity index (χ1) is 13.8. The molecule has 0 aliphatic carbocycles. The molecule has 0 bridgehead atoms. The molecule has 3 aromatic rings. The molecule has 0 aromatic heterocycles. The van der Waals surface area contributed by atoms with E-state index in [-0.39, 0.29) is 12.0 Å². The van der Waals surface area contributed by atoms with Gasteiger partial charge >= 0.3 is 0 Å². The van der Waals surface area contributed by atoms with E-state index in [2.05, 4.69) is 47.4 Å². The lowest BCUT2D eigenvalue weighted by atomic mass is 10.1. The molecule has 1 unspecified atom stereocenters. The van der Waals surface area contributed by atoms with Crippen molar-refractivity contribution >= 4 is 16.6 Å². The zero-order chi connectivity index (χ0) is 19.2. The van der Waals surface area contributed by atoms with Crippen molar-refractivity contribution in [3.63, 3.8) is 0 Å². The lowest BCUT2D eigenvalue weighted by Crippen LogP contribution is -2.43. The second kappa shape index (κ2) is 9.03. The monoisotopic (exact) mass is 373 g/mol. The summed E-state index contributed by atoms with van der Waals surface area (Å²) in [6.45, 7) is 1.93. The van der Waals surface area contributed by atoms with Crippen LogP contribution in [0.25, 0.3) is 10.8 Å². The number of nitrogens with zero attached hydrogens (tertiary/aromatic N) is 1. The lowest BCUT2D eigenvalue weighted by molar-refractivity contribution is -0.00352. The average molecular weight is 373 g/mol. The number of ketones is 1. The molecular formula is C25H27NO2. The normalized spacial score (nSPS) is 17.5. The van der Waals surface area contributed by atoms with E-state index >= 15 is 0 Å². The quantitative estimate of drug-likeness (QED) is 0.498. The van der Waals surface area contributed by atoms with Crippen LogP contribution in [0.3, 0.4) is 0 Å². The molecule has 4 rings (SSSR count). The highest BCUT2D eigenvalue weighted by Gasteiger charge is 2.24. The summed E-state index contributed by atoms with van der Waals surface area (Å²) < 4.78 is 6.46. The summed E-state index contributed by atoms with van der Waals surface area (Å²) in [6.07, 6.45) is 4.96. The fourth-order valence-corrected chi connectivity index (χ4v) is 4.01. The predicted octanol–water partition coefficient (Wildman–Crippen LogP) is 5.69. The third-order valence-electron chi connectivity index (χ3n) is 5.51. The lowest BCUT2D eigenvalue weighted by Gasteiger charge is -2.35. The van der Waals surface area contributed by atoms with Gasteiger partial charge in [-0.2, -0.15) is 0 Å². The Kier molecular flexibility index (Phi) is 6.03. The van der Waals surface area contributed by atoms with Crippen LogP contribution in [0.1, 0.15) is 42.5 Å². The Labute approximate surface area is 166 Å². The molecule has 0 saturated carbocycles. The fraction of sp³-hybridized carbons (Fsp3) is 0.320. The van der Waals surface area contributed by atoms with Crippen molar-refractivity contribution in [1.82, 2.24) is 4.90 Å². The van der Waals surface area contributed by atoms with Crippen LogP contribution in [0, 0.1) is 0 Å². The maximum absolute atomic E-state index is 12.4. The molecule has 28 heavy (non-hydrogen) atoms. The first kappa shape index (κ1) is 18.7. The number of fused-ring (bicyclic) bond motifs is 1. The average Bonchev–Trinajstić information content (AvgIpc) is 2.76. The van der Waals surface area contributed by atoms with Gasteiger partial charge in [0.2, 0.25) is 0 Å². The van der Waals surface area contributed by atoms with E-state index in [0.717, 1.165) is 42.6 Å². The molecule has 0 spiro atoms. The van der Waals surface area contributed by atoms with E-state index in [1.165, 1.54) is 18.2 Å². The van der Waals surface area contributed by atoms with E-state index in [1.54, 1.807) is 0 Å². The summed E-state index contributed by atoms with van der Waals surface area (Å²) in [7, 11) is 0. The number of rotatable bonds is 7. The van der Waals surface area contributed by atoms with Gasteiger partial charge < -0.3 is 4.74 Å². The van der Waals surface area contributed by atoms with Crippen LogP contribution in [-0.2, 0) is 0 Å². The fourth-order valence-electron chi connectivity index (χ4n) is 4.01. The summed E-state index contributed by atoms with van der Waals surface area (Å²) >= 11 is 0. The van der Waals surface area contributed by atoms with Gasteiger partial charge in [0, 0.05) is 30.5 Å². The van der Waals surface area contributed by atoms with Crippen molar-refractivity contribution in [3.8, 4) is 5.75 Å². The van der Waals surface area contributed by atoms with Crippen LogP contribution in [0.4, 0.5) is 0 Å². The molecule has 1 atom stereocenters. The number of carbonyl (C=O) groups excluding carboxylic acids is 1. The minimum absolute atomic E-state index is 0.0892. The van der Waals surface area contributed by atoms with Crippen molar-refractivity contribution in [2.24, 2.45) is 0 Å². The number of ether oxygens (including phenoxy) is 1. The molecule has 1 fully saturated rings. The van der Waals surface area contributed by atoms with E-state index in [4.69, 9.17) is 4.74 Å². The van der Waals surface area contributed by atoms with Crippen molar-refractivity contribution in [3.05, 3.63) is 78.4 Å². The van der Waals surface area contributed by atoms with Crippen LogP contribution < -0.4 is 4.74 Å². The van der Waals surface area contributed by atoms with Gasteiger partial charge in [0.15, 0.2) is 12.0 Å². The zero-order valence-corrected chi connectivity index (χ0v) is 16.2. The molecule has 3 heteroatoms. The van der Waals surface area contributed by atoms with E-state index < -0.39 is 0 Å². The third kappa shape index (κ3) is 4.42. The Morgan fingerprint density at radius 3 is 2.61 bits per heavy atom. The summed E-state index contributed by atoms with van der Waals surface area (Å²) in [5.74, 6) is 1.18. The second-order valence-corrected chi connectivity index (χ2v) is 7.47. The maximum Gasteiger partial charge on any atom is 0.162 e. The van der Waals surface area contributed by atoms with E-state index in [1.807, 2.05) is 30.3 Å². The van der Waals surface area contributed by atoms with Gasteiger partial charge in [0.05, 0.1) is 0 Å². The number of hydrogen-bond acceptors (Lipinski definition) is 3. The third-order valence-corrected chi connectivity index (χ3v) is 5.51. The van der Waals surface area contributed by atoms with Crippen LogP contribution in [0.15, 0.2) is 72.8 Å². The number of likely N-dealkylation sites (tertiary alicyclic amines) is 1. The van der Waals surface area contributed by atoms with Crippen molar-refractivity contribution in [2.75, 3.05) is 13.1 Å². The number of carbonyl (C=O) groups is 1. The molecule has 1 saturated heterocycles. The second-order valence-electron chi connectivity index (χ2n) is 7.47. The smallest absolute Gasteiger partial charge is 0.162 e. The number of piperidine rings is 1. The Hall–Kier alpha value is -2.65. The SMILES string of the molecule is O=C(CCCN1CCCCC1Oc1cccc2ccccc12)c1ccccc1. The molecule has 3 nitrogen and oxygen atoms in total. The first-order valence-corrected chi connectivity index (χ1v) is 10.3. The van der Waals surface area contributed by atoms with Gasteiger partial charge in [-0.25, -0.2) is 0 Å². The molecule has 1 aliphatic rings. The molecule has 1 aliphatic heterocycles. The van der Waals surface area contributed by atoms with Gasteiger partial charge in [-0.1, -0.05) is 66.7 Å². The Balaban J connectivity index is 1.38. The largest absolute Gasteiger partial charge is 0.474 e. The zero-order valence-electron chi connectivity index (χ0n) is 16.2. The Morgan fingerprint density at radius 2 is 1.71 bits per heavy atom. The molecule has 0 amide bonds. The van der Waals surface area contributed by atoms with Gasteiger partial charge in [-0.15, -0.1) is 0 Å². The first-order valence-electron chi connectivity index (χ1n) is 10.3. The van der Waals surface area contributed by atoms with Crippen LogP contribution in [0.5, 0.6) is 5.75 Å². The highest BCUT2D eigenvalue weighted by molar-refractivity contribution is 5.95. The summed E-state index contributed by atoms with van der Waals surface area (Å²) in [4.78, 5) is 14.8. The van der Waals surface area contributed by atoms with E-state index in [9.17, 15) is 4.79 Å². The molecule has 1 heterocycles. The van der Waals surface area contributed by atoms with Crippen molar-refractivity contribution in [1.29, 1.82) is 0 Å². The predicted molar refractivity (Wildman–Crippen MR) is 114 cm³/mol. The minimum atomic E-state index is 0.0892. The summed E-state index contributed by atoms with van der Waals surface area (Å²) in [5.41, 5.74) is 0.810. The highest BCUT2D eigenvalue weighted by atomic mass is 16.5. The Bertz CT molecular complexity index is 917. The van der Waals surface area contributed by atoms with Crippen molar-refractivity contribution in [2.45, 2.75) is 38.3 Å². The summed E-state index contributed by atoms with van der Waals surface area (Å²) in [5, 5.41) is 2.37. The molecular weight excluding hydrogens is 346 g/mol. The molecule has 3 aromatic carbocycles. The number of Topliss-reactive ketones (excluding diaryl/α,β-unsaturated/α-hetero) is 1. The summed E-state index contributed by atoms with van der Waals surface area (Å²) in [6, 6.07) is 24.2. The number of hydrogen-bond donors (Lipinski definition) is 0. The Morgan fingerprint density at radius 1 is 0.929 bits per heavy atom. The molecule has 0 N–H and O–H groups in total.